The highest BCUT2D eigenvalue weighted by molar-refractivity contribution is 5.74. The number of aliphatic hydroxyl groups excluding tert-OH is 1. The van der Waals surface area contributed by atoms with Crippen LogP contribution in [0.5, 0.6) is 0 Å². The molecular formula is C36H41N3O4. The van der Waals surface area contributed by atoms with Crippen LogP contribution in [0.15, 0.2) is 103 Å². The highest BCUT2D eigenvalue weighted by atomic mass is 16.7. The van der Waals surface area contributed by atoms with Crippen molar-refractivity contribution in [3.05, 3.63) is 131 Å². The number of hydrogen-bond acceptors (Lipinski definition) is 5. The minimum Gasteiger partial charge on any atom is -0.392 e. The number of carbonyl (C=O) groups is 1. The zero-order valence-corrected chi connectivity index (χ0v) is 24.9. The molecule has 3 atom stereocenters. The Morgan fingerprint density at radius 2 is 1.53 bits per heavy atom. The third kappa shape index (κ3) is 8.52. The summed E-state index contributed by atoms with van der Waals surface area (Å²) in [5, 5.41) is 15.2. The lowest BCUT2D eigenvalue weighted by Crippen LogP contribution is -2.37. The van der Waals surface area contributed by atoms with Crippen molar-refractivity contribution in [2.45, 2.75) is 51.5 Å². The van der Waals surface area contributed by atoms with E-state index in [1.807, 2.05) is 55.5 Å². The van der Waals surface area contributed by atoms with Crippen LogP contribution >= 0.6 is 0 Å². The summed E-state index contributed by atoms with van der Waals surface area (Å²) in [6, 6.07) is 34.8. The van der Waals surface area contributed by atoms with Crippen LogP contribution in [0.4, 0.5) is 4.79 Å². The van der Waals surface area contributed by atoms with Crippen molar-refractivity contribution in [3.63, 3.8) is 0 Å². The van der Waals surface area contributed by atoms with Crippen LogP contribution in [-0.2, 0) is 29.2 Å². The van der Waals surface area contributed by atoms with Gasteiger partial charge < -0.3 is 25.2 Å². The molecule has 0 saturated carbocycles. The molecule has 43 heavy (non-hydrogen) atoms. The van der Waals surface area contributed by atoms with Gasteiger partial charge in [-0.25, -0.2) is 4.79 Å². The van der Waals surface area contributed by atoms with Crippen LogP contribution in [0.3, 0.4) is 0 Å². The number of benzene rings is 4. The number of nitrogens with zero attached hydrogens (tertiary/aromatic N) is 1. The fourth-order valence-corrected chi connectivity index (χ4v) is 5.47. The molecule has 3 N–H and O–H groups in total. The van der Waals surface area contributed by atoms with E-state index in [1.165, 1.54) is 5.56 Å². The molecule has 1 fully saturated rings. The lowest BCUT2D eigenvalue weighted by Gasteiger charge is -2.38. The molecule has 7 nitrogen and oxygen atoms in total. The molecule has 1 aliphatic rings. The first-order valence-corrected chi connectivity index (χ1v) is 14.9. The minimum absolute atomic E-state index is 0.0143. The zero-order chi connectivity index (χ0) is 30.0. The summed E-state index contributed by atoms with van der Waals surface area (Å²) in [5.74, 6) is 0. The first-order valence-electron chi connectivity index (χ1n) is 14.9. The second-order valence-corrected chi connectivity index (χ2v) is 11.1. The Kier molecular flexibility index (Phi) is 10.6. The van der Waals surface area contributed by atoms with E-state index < -0.39 is 6.29 Å². The predicted molar refractivity (Wildman–Crippen MR) is 169 cm³/mol. The van der Waals surface area contributed by atoms with Gasteiger partial charge in [0.15, 0.2) is 6.29 Å². The number of likely N-dealkylation sites (N-methyl/N-ethyl adjacent to an activating group) is 1. The molecular weight excluding hydrogens is 538 g/mol. The Balaban J connectivity index is 1.35. The van der Waals surface area contributed by atoms with E-state index in [1.54, 1.807) is 0 Å². The molecule has 3 unspecified atom stereocenters. The van der Waals surface area contributed by atoms with Gasteiger partial charge in [0.2, 0.25) is 0 Å². The van der Waals surface area contributed by atoms with Crippen molar-refractivity contribution in [3.8, 4) is 11.1 Å². The van der Waals surface area contributed by atoms with Gasteiger partial charge in [0.25, 0.3) is 0 Å². The molecule has 224 valence electrons. The van der Waals surface area contributed by atoms with Crippen LogP contribution in [0.25, 0.3) is 11.1 Å². The second-order valence-electron chi connectivity index (χ2n) is 11.1. The van der Waals surface area contributed by atoms with Gasteiger partial charge in [0, 0.05) is 38.2 Å². The molecule has 0 spiro atoms. The molecule has 0 radical (unpaired) electrons. The average molecular weight is 580 g/mol. The van der Waals surface area contributed by atoms with Crippen LogP contribution in [0.2, 0.25) is 0 Å². The molecule has 1 saturated heterocycles. The molecule has 1 aliphatic heterocycles. The number of ether oxygens (including phenoxy) is 2. The van der Waals surface area contributed by atoms with Gasteiger partial charge >= 0.3 is 6.03 Å². The maximum Gasteiger partial charge on any atom is 0.315 e. The number of carbonyl (C=O) groups excluding carboxylic acids is 1. The largest absolute Gasteiger partial charge is 0.392 e. The average Bonchev–Trinajstić information content (AvgIpc) is 3.04. The summed E-state index contributed by atoms with van der Waals surface area (Å²) in [6.07, 6.45) is 0.0132. The van der Waals surface area contributed by atoms with E-state index in [9.17, 15) is 9.90 Å². The number of amides is 2. The van der Waals surface area contributed by atoms with E-state index in [2.05, 4.69) is 77.2 Å². The van der Waals surface area contributed by atoms with Gasteiger partial charge in [-0.05, 0) is 59.5 Å². The van der Waals surface area contributed by atoms with Crippen LogP contribution in [-0.4, -0.2) is 42.3 Å². The lowest BCUT2D eigenvalue weighted by molar-refractivity contribution is -0.252. The van der Waals surface area contributed by atoms with Crippen LogP contribution in [0.1, 0.15) is 53.6 Å². The summed E-state index contributed by atoms with van der Waals surface area (Å²) >= 11 is 0. The minimum atomic E-state index is -0.533. The van der Waals surface area contributed by atoms with Crippen LogP contribution < -0.4 is 10.6 Å². The van der Waals surface area contributed by atoms with Crippen molar-refractivity contribution < 1.29 is 19.4 Å². The molecule has 4 aromatic carbocycles. The molecule has 1 heterocycles. The standard InChI is InChI=1S/C36H41N3O4/c1-3-37-36(41)38-22-28-11-7-12-30(19-28)31-13-8-14-32(20-31)35-42-33(24-39(2)23-26-9-5-4-6-10-26)21-34(43-35)29-17-15-27(25-40)16-18-29/h4-20,33-35,40H,3,21-25H2,1-2H3,(H2,37,38,41). The van der Waals surface area contributed by atoms with E-state index in [0.29, 0.717) is 13.1 Å². The third-order valence-corrected chi connectivity index (χ3v) is 7.64. The van der Waals surface area contributed by atoms with E-state index in [0.717, 1.165) is 52.9 Å². The molecule has 0 aliphatic carbocycles. The Morgan fingerprint density at radius 3 is 2.28 bits per heavy atom. The quantitative estimate of drug-likeness (QED) is 0.193. The third-order valence-electron chi connectivity index (χ3n) is 7.64. The summed E-state index contributed by atoms with van der Waals surface area (Å²) in [6.45, 7) is 4.54. The van der Waals surface area contributed by atoms with Crippen molar-refractivity contribution in [1.82, 2.24) is 15.5 Å². The first kappa shape index (κ1) is 30.4. The summed E-state index contributed by atoms with van der Waals surface area (Å²) in [4.78, 5) is 14.2. The lowest BCUT2D eigenvalue weighted by atomic mass is 9.98. The van der Waals surface area contributed by atoms with Gasteiger partial charge in [-0.2, -0.15) is 0 Å². The Morgan fingerprint density at radius 1 is 0.814 bits per heavy atom. The number of nitrogens with one attached hydrogen (secondary N) is 2. The first-order chi connectivity index (χ1) is 21.0. The van der Waals surface area contributed by atoms with Gasteiger partial charge in [-0.3, -0.25) is 4.90 Å². The fourth-order valence-electron chi connectivity index (χ4n) is 5.47. The molecule has 4 aromatic rings. The topological polar surface area (TPSA) is 83.1 Å². The normalized spacial score (nSPS) is 18.4. The number of hydrogen-bond donors (Lipinski definition) is 3. The van der Waals surface area contributed by atoms with Crippen molar-refractivity contribution >= 4 is 6.03 Å². The van der Waals surface area contributed by atoms with Crippen LogP contribution in [0, 0.1) is 0 Å². The van der Waals surface area contributed by atoms with Gasteiger partial charge in [-0.1, -0.05) is 91.0 Å². The highest BCUT2D eigenvalue weighted by Crippen LogP contribution is 2.39. The Labute approximate surface area is 254 Å². The van der Waals surface area contributed by atoms with E-state index in [4.69, 9.17) is 9.47 Å². The highest BCUT2D eigenvalue weighted by Gasteiger charge is 2.33. The maximum absolute atomic E-state index is 11.9. The summed E-state index contributed by atoms with van der Waals surface area (Å²) in [5.41, 5.74) is 7.30. The number of urea groups is 1. The van der Waals surface area contributed by atoms with Gasteiger partial charge in [-0.15, -0.1) is 0 Å². The smallest absolute Gasteiger partial charge is 0.315 e. The fraction of sp³-hybridized carbons (Fsp3) is 0.306. The van der Waals surface area contributed by atoms with Gasteiger partial charge in [0.1, 0.15) is 0 Å². The SMILES string of the molecule is CCNC(=O)NCc1cccc(-c2cccc(C3OC(CN(C)Cc4ccccc4)CC(c4ccc(CO)cc4)O3)c2)c1. The van der Waals surface area contributed by atoms with Crippen molar-refractivity contribution in [2.75, 3.05) is 20.1 Å². The molecule has 0 aromatic heterocycles. The molecule has 0 bridgehead atoms. The molecule has 7 heteroatoms. The number of rotatable bonds is 11. The van der Waals surface area contributed by atoms with Gasteiger partial charge in [0.05, 0.1) is 18.8 Å². The van der Waals surface area contributed by atoms with E-state index in [-0.39, 0.29) is 24.8 Å². The van der Waals surface area contributed by atoms with Crippen molar-refractivity contribution in [2.24, 2.45) is 0 Å². The van der Waals surface area contributed by atoms with E-state index >= 15 is 0 Å². The zero-order valence-electron chi connectivity index (χ0n) is 24.9. The monoisotopic (exact) mass is 579 g/mol. The Bertz CT molecular complexity index is 1460. The predicted octanol–water partition coefficient (Wildman–Crippen LogP) is 6.34. The summed E-state index contributed by atoms with van der Waals surface area (Å²) in [7, 11) is 2.13. The summed E-state index contributed by atoms with van der Waals surface area (Å²) < 4.78 is 13.2. The molecule has 2 amide bonds. The number of aliphatic hydroxyl groups is 1. The molecule has 5 rings (SSSR count). The second kappa shape index (κ2) is 14.9. The maximum atomic E-state index is 11.9. The Hall–Kier alpha value is -4.01. The van der Waals surface area contributed by atoms with Crippen molar-refractivity contribution in [1.29, 1.82) is 0 Å².